The van der Waals surface area contributed by atoms with Crippen LogP contribution in [-0.2, 0) is 11.3 Å². The van der Waals surface area contributed by atoms with Gasteiger partial charge in [-0.3, -0.25) is 0 Å². The lowest BCUT2D eigenvalue weighted by Crippen LogP contribution is -2.01. The summed E-state index contributed by atoms with van der Waals surface area (Å²) in [6.45, 7) is 3.43. The van der Waals surface area contributed by atoms with E-state index in [2.05, 4.69) is 17.2 Å². The molecule has 1 aromatic rings. The maximum Gasteiger partial charge on any atom is 0.126 e. The van der Waals surface area contributed by atoms with Crippen molar-refractivity contribution in [1.29, 1.82) is 0 Å². The molecule has 90 valence electrons. The number of pyridine rings is 1. The van der Waals surface area contributed by atoms with Gasteiger partial charge in [-0.05, 0) is 18.6 Å². The molecule has 0 bridgehead atoms. The third-order valence-corrected chi connectivity index (χ3v) is 2.65. The topological polar surface area (TPSA) is 34.1 Å². The lowest BCUT2D eigenvalue weighted by molar-refractivity contribution is 0.114. The second-order valence-electron chi connectivity index (χ2n) is 3.63. The minimum atomic E-state index is 0.484. The van der Waals surface area contributed by atoms with Gasteiger partial charge in [-0.1, -0.05) is 31.4 Å². The maximum absolute atomic E-state index is 6.02. The Labute approximate surface area is 102 Å². The van der Waals surface area contributed by atoms with Crippen molar-refractivity contribution in [3.8, 4) is 0 Å². The average molecular weight is 243 g/mol. The van der Waals surface area contributed by atoms with Gasteiger partial charge in [0.1, 0.15) is 5.82 Å². The lowest BCUT2D eigenvalue weighted by Gasteiger charge is -2.07. The molecule has 0 aliphatic rings. The molecule has 0 saturated carbocycles. The van der Waals surface area contributed by atoms with E-state index < -0.39 is 0 Å². The van der Waals surface area contributed by atoms with Crippen molar-refractivity contribution in [2.24, 2.45) is 0 Å². The van der Waals surface area contributed by atoms with Crippen LogP contribution in [-0.4, -0.2) is 18.6 Å². The van der Waals surface area contributed by atoms with E-state index in [9.17, 15) is 0 Å². The standard InChI is InChI=1S/C12H19ClN2O/c1-3-4-5-8-16-9-11-10(13)6-7-12(14-2)15-11/h6-7H,3-5,8-9H2,1-2H3,(H,14,15). The van der Waals surface area contributed by atoms with Crippen LogP contribution in [0.2, 0.25) is 5.02 Å². The van der Waals surface area contributed by atoms with Gasteiger partial charge in [0.25, 0.3) is 0 Å². The first-order valence-corrected chi connectivity index (χ1v) is 6.06. The third-order valence-electron chi connectivity index (χ3n) is 2.31. The lowest BCUT2D eigenvalue weighted by atomic mass is 10.3. The summed E-state index contributed by atoms with van der Waals surface area (Å²) < 4.78 is 5.53. The number of hydrogen-bond donors (Lipinski definition) is 1. The quantitative estimate of drug-likeness (QED) is 0.744. The van der Waals surface area contributed by atoms with Gasteiger partial charge < -0.3 is 10.1 Å². The maximum atomic E-state index is 6.02. The first-order chi connectivity index (χ1) is 7.77. The summed E-state index contributed by atoms with van der Waals surface area (Å²) in [6, 6.07) is 3.69. The van der Waals surface area contributed by atoms with Crippen molar-refractivity contribution in [2.75, 3.05) is 19.0 Å². The van der Waals surface area contributed by atoms with Crippen molar-refractivity contribution in [3.05, 3.63) is 22.8 Å². The smallest absolute Gasteiger partial charge is 0.126 e. The zero-order chi connectivity index (χ0) is 11.8. The molecule has 0 aromatic carbocycles. The predicted octanol–water partition coefficient (Wildman–Crippen LogP) is 3.48. The number of ether oxygens (including phenoxy) is 1. The van der Waals surface area contributed by atoms with Crippen LogP contribution < -0.4 is 5.32 Å². The fourth-order valence-corrected chi connectivity index (χ4v) is 1.51. The van der Waals surface area contributed by atoms with Crippen molar-refractivity contribution in [1.82, 2.24) is 4.98 Å². The number of rotatable bonds is 7. The molecule has 0 aliphatic carbocycles. The molecule has 0 spiro atoms. The van der Waals surface area contributed by atoms with Crippen LogP contribution in [0, 0.1) is 0 Å². The molecule has 0 atom stereocenters. The number of anilines is 1. The average Bonchev–Trinajstić information content (AvgIpc) is 2.31. The summed E-state index contributed by atoms with van der Waals surface area (Å²) in [5.74, 6) is 0.816. The first-order valence-electron chi connectivity index (χ1n) is 5.68. The van der Waals surface area contributed by atoms with Crippen molar-refractivity contribution in [2.45, 2.75) is 32.8 Å². The Bertz CT molecular complexity index is 318. The first kappa shape index (κ1) is 13.3. The second-order valence-corrected chi connectivity index (χ2v) is 4.04. The molecule has 0 unspecified atom stereocenters. The minimum absolute atomic E-state index is 0.484. The van der Waals surface area contributed by atoms with Crippen LogP contribution in [0.3, 0.4) is 0 Å². The number of hydrogen-bond acceptors (Lipinski definition) is 3. The molecular formula is C12H19ClN2O. The van der Waals surface area contributed by atoms with Crippen molar-refractivity contribution in [3.63, 3.8) is 0 Å². The molecule has 4 heteroatoms. The molecule has 1 heterocycles. The van der Waals surface area contributed by atoms with Gasteiger partial charge in [-0.25, -0.2) is 4.98 Å². The summed E-state index contributed by atoms with van der Waals surface area (Å²) in [7, 11) is 1.84. The monoisotopic (exact) mass is 242 g/mol. The van der Waals surface area contributed by atoms with Crippen LogP contribution in [0.1, 0.15) is 31.9 Å². The van der Waals surface area contributed by atoms with E-state index in [1.807, 2.05) is 19.2 Å². The van der Waals surface area contributed by atoms with Gasteiger partial charge in [0.2, 0.25) is 0 Å². The zero-order valence-corrected chi connectivity index (χ0v) is 10.7. The van der Waals surface area contributed by atoms with Crippen LogP contribution in [0.25, 0.3) is 0 Å². The highest BCUT2D eigenvalue weighted by Crippen LogP contribution is 2.17. The van der Waals surface area contributed by atoms with Gasteiger partial charge in [-0.2, -0.15) is 0 Å². The molecule has 0 radical (unpaired) electrons. The normalized spacial score (nSPS) is 10.4. The molecule has 0 fully saturated rings. The number of nitrogens with one attached hydrogen (secondary N) is 1. The highest BCUT2D eigenvalue weighted by atomic mass is 35.5. The number of halogens is 1. The van der Waals surface area contributed by atoms with E-state index in [0.717, 1.165) is 24.5 Å². The SMILES string of the molecule is CCCCCOCc1nc(NC)ccc1Cl. The van der Waals surface area contributed by atoms with E-state index >= 15 is 0 Å². The van der Waals surface area contributed by atoms with Gasteiger partial charge in [0.15, 0.2) is 0 Å². The van der Waals surface area contributed by atoms with Gasteiger partial charge >= 0.3 is 0 Å². The Kier molecular flexibility index (Phi) is 6.19. The van der Waals surface area contributed by atoms with E-state index in [4.69, 9.17) is 16.3 Å². The number of aromatic nitrogens is 1. The van der Waals surface area contributed by atoms with Crippen LogP contribution in [0.15, 0.2) is 12.1 Å². The number of unbranched alkanes of at least 4 members (excludes halogenated alkanes) is 2. The number of nitrogens with zero attached hydrogens (tertiary/aromatic N) is 1. The minimum Gasteiger partial charge on any atom is -0.375 e. The Morgan fingerprint density at radius 2 is 2.19 bits per heavy atom. The van der Waals surface area contributed by atoms with Crippen LogP contribution in [0.4, 0.5) is 5.82 Å². The summed E-state index contributed by atoms with van der Waals surface area (Å²) in [5, 5.41) is 3.64. The molecule has 0 amide bonds. The Hall–Kier alpha value is -0.800. The fraction of sp³-hybridized carbons (Fsp3) is 0.583. The van der Waals surface area contributed by atoms with Gasteiger partial charge in [0.05, 0.1) is 17.3 Å². The molecular weight excluding hydrogens is 224 g/mol. The van der Waals surface area contributed by atoms with E-state index in [-0.39, 0.29) is 0 Å². The Morgan fingerprint density at radius 3 is 2.88 bits per heavy atom. The van der Waals surface area contributed by atoms with Gasteiger partial charge in [-0.15, -0.1) is 0 Å². The van der Waals surface area contributed by atoms with Crippen LogP contribution >= 0.6 is 11.6 Å². The molecule has 16 heavy (non-hydrogen) atoms. The van der Waals surface area contributed by atoms with E-state index in [1.165, 1.54) is 12.8 Å². The fourth-order valence-electron chi connectivity index (χ4n) is 1.35. The predicted molar refractivity (Wildman–Crippen MR) is 68.0 cm³/mol. The van der Waals surface area contributed by atoms with Crippen LogP contribution in [0.5, 0.6) is 0 Å². The summed E-state index contributed by atoms with van der Waals surface area (Å²) in [6.07, 6.45) is 3.51. The molecule has 1 aromatic heterocycles. The molecule has 0 aliphatic heterocycles. The van der Waals surface area contributed by atoms with E-state index in [0.29, 0.717) is 11.6 Å². The Balaban J connectivity index is 2.40. The van der Waals surface area contributed by atoms with Gasteiger partial charge in [0, 0.05) is 13.7 Å². The summed E-state index contributed by atoms with van der Waals surface area (Å²) >= 11 is 6.02. The second kappa shape index (κ2) is 7.47. The zero-order valence-electron chi connectivity index (χ0n) is 9.92. The summed E-state index contributed by atoms with van der Waals surface area (Å²) in [5.41, 5.74) is 0.796. The summed E-state index contributed by atoms with van der Waals surface area (Å²) in [4.78, 5) is 4.34. The molecule has 0 saturated heterocycles. The molecule has 1 rings (SSSR count). The largest absolute Gasteiger partial charge is 0.375 e. The highest BCUT2D eigenvalue weighted by Gasteiger charge is 2.03. The molecule has 1 N–H and O–H groups in total. The molecule has 3 nitrogen and oxygen atoms in total. The third kappa shape index (κ3) is 4.37. The van der Waals surface area contributed by atoms with Crippen molar-refractivity contribution >= 4 is 17.4 Å². The van der Waals surface area contributed by atoms with E-state index in [1.54, 1.807) is 0 Å². The highest BCUT2D eigenvalue weighted by molar-refractivity contribution is 6.31. The Morgan fingerprint density at radius 1 is 1.38 bits per heavy atom. The van der Waals surface area contributed by atoms with Crippen molar-refractivity contribution < 1.29 is 4.74 Å².